The lowest BCUT2D eigenvalue weighted by Gasteiger charge is -2.26. The maximum Gasteiger partial charge on any atom is 0.0640 e. The fourth-order valence-corrected chi connectivity index (χ4v) is 7.92. The molecule has 0 amide bonds. The van der Waals surface area contributed by atoms with Crippen molar-refractivity contribution in [3.05, 3.63) is 164 Å². The van der Waals surface area contributed by atoms with Crippen molar-refractivity contribution < 1.29 is 0 Å². The third-order valence-corrected chi connectivity index (χ3v) is 10.1. The third-order valence-electron chi connectivity index (χ3n) is 8.84. The van der Waals surface area contributed by atoms with Crippen molar-refractivity contribution in [3.63, 3.8) is 0 Å². The lowest BCUT2D eigenvalue weighted by atomic mass is 9.94. The summed E-state index contributed by atoms with van der Waals surface area (Å²) in [5.74, 6) is 0. The van der Waals surface area contributed by atoms with E-state index in [4.69, 9.17) is 0 Å². The van der Waals surface area contributed by atoms with Crippen LogP contribution < -0.4 is 4.90 Å². The van der Waals surface area contributed by atoms with Gasteiger partial charge in [-0.25, -0.2) is 0 Å². The molecule has 0 aliphatic heterocycles. The maximum absolute atomic E-state index is 2.39. The van der Waals surface area contributed by atoms with E-state index in [0.29, 0.717) is 0 Å². The van der Waals surface area contributed by atoms with Gasteiger partial charge < -0.3 is 4.90 Å². The predicted molar refractivity (Wildman–Crippen MR) is 192 cm³/mol. The Morgan fingerprint density at radius 2 is 0.977 bits per heavy atom. The van der Waals surface area contributed by atoms with Crippen LogP contribution in [0.15, 0.2) is 164 Å². The molecule has 1 aromatic heterocycles. The molecule has 8 aromatic carbocycles. The maximum atomic E-state index is 2.39. The molecule has 206 valence electrons. The van der Waals surface area contributed by atoms with Gasteiger partial charge in [0.1, 0.15) is 0 Å². The zero-order valence-electron chi connectivity index (χ0n) is 23.9. The van der Waals surface area contributed by atoms with Crippen LogP contribution in [0.2, 0.25) is 0 Å². The first-order valence-electron chi connectivity index (χ1n) is 15.0. The van der Waals surface area contributed by atoms with E-state index in [1.165, 1.54) is 69.3 Å². The van der Waals surface area contributed by atoms with Crippen LogP contribution in [-0.4, -0.2) is 0 Å². The highest BCUT2D eigenvalue weighted by Crippen LogP contribution is 2.45. The summed E-state index contributed by atoms with van der Waals surface area (Å²) >= 11 is 1.87. The molecule has 0 aliphatic carbocycles. The number of rotatable bonds is 4. The first kappa shape index (κ1) is 25.1. The highest BCUT2D eigenvalue weighted by molar-refractivity contribution is 7.26. The molecule has 0 aliphatic rings. The number of fused-ring (bicyclic) bond motifs is 8. The summed E-state index contributed by atoms with van der Waals surface area (Å²) in [7, 11) is 0. The van der Waals surface area contributed by atoms with E-state index in [9.17, 15) is 0 Å². The van der Waals surface area contributed by atoms with E-state index < -0.39 is 0 Å². The second-order valence-electron chi connectivity index (χ2n) is 11.4. The Balaban J connectivity index is 1.17. The van der Waals surface area contributed by atoms with Crippen LogP contribution in [0.4, 0.5) is 17.1 Å². The van der Waals surface area contributed by atoms with Crippen LogP contribution in [0.25, 0.3) is 63.6 Å². The van der Waals surface area contributed by atoms with Crippen LogP contribution in [-0.2, 0) is 0 Å². The third kappa shape index (κ3) is 4.00. The summed E-state index contributed by atoms with van der Waals surface area (Å²) in [5.41, 5.74) is 5.92. The van der Waals surface area contributed by atoms with Gasteiger partial charge in [-0.1, -0.05) is 121 Å². The van der Waals surface area contributed by atoms with Gasteiger partial charge in [-0.15, -0.1) is 11.3 Å². The minimum Gasteiger partial charge on any atom is -0.309 e. The zero-order chi connectivity index (χ0) is 29.0. The number of nitrogens with zero attached hydrogens (tertiary/aromatic N) is 1. The molecule has 0 saturated heterocycles. The van der Waals surface area contributed by atoms with Gasteiger partial charge in [-0.2, -0.15) is 0 Å². The SMILES string of the molecule is c1ccc(N(c2ccc(-c3ccc4ccc5c6ccccc6ccc5c4c3)cc2)c2cccc3c2sc2ccccc23)cc1. The molecule has 1 heterocycles. The lowest BCUT2D eigenvalue weighted by Crippen LogP contribution is -2.09. The van der Waals surface area contributed by atoms with Crippen molar-refractivity contribution >= 4 is 80.9 Å². The van der Waals surface area contributed by atoms with E-state index in [1.54, 1.807) is 0 Å². The summed E-state index contributed by atoms with van der Waals surface area (Å²) in [6.45, 7) is 0. The van der Waals surface area contributed by atoms with Gasteiger partial charge in [0.2, 0.25) is 0 Å². The number of hydrogen-bond donors (Lipinski definition) is 0. The summed E-state index contributed by atoms with van der Waals surface area (Å²) in [6.07, 6.45) is 0. The van der Waals surface area contributed by atoms with Crippen LogP contribution in [0.1, 0.15) is 0 Å². The molecule has 0 atom stereocenters. The Morgan fingerprint density at radius 1 is 0.364 bits per heavy atom. The van der Waals surface area contributed by atoms with Crippen molar-refractivity contribution in [3.8, 4) is 11.1 Å². The topological polar surface area (TPSA) is 3.24 Å². The molecule has 0 spiro atoms. The molecule has 0 radical (unpaired) electrons. The summed E-state index contributed by atoms with van der Waals surface area (Å²) in [4.78, 5) is 2.39. The highest BCUT2D eigenvalue weighted by atomic mass is 32.1. The fraction of sp³-hybridized carbons (Fsp3) is 0. The van der Waals surface area contributed by atoms with Gasteiger partial charge in [-0.3, -0.25) is 0 Å². The number of thiophene rings is 1. The van der Waals surface area contributed by atoms with Gasteiger partial charge in [0, 0.05) is 26.8 Å². The van der Waals surface area contributed by atoms with Crippen LogP contribution >= 0.6 is 11.3 Å². The molecule has 0 unspecified atom stereocenters. The van der Waals surface area contributed by atoms with Crippen LogP contribution in [0.3, 0.4) is 0 Å². The number of benzene rings is 8. The van der Waals surface area contributed by atoms with Crippen molar-refractivity contribution in [1.29, 1.82) is 0 Å². The molecular weight excluding hydrogens is 551 g/mol. The Bertz CT molecular complexity index is 2490. The van der Waals surface area contributed by atoms with E-state index in [-0.39, 0.29) is 0 Å². The second-order valence-corrected chi connectivity index (χ2v) is 12.4. The van der Waals surface area contributed by atoms with Gasteiger partial charge in [0.15, 0.2) is 0 Å². The van der Waals surface area contributed by atoms with Crippen molar-refractivity contribution in [2.75, 3.05) is 4.90 Å². The number of para-hydroxylation sites is 1. The Labute approximate surface area is 259 Å². The minimum atomic E-state index is 1.14. The molecule has 0 fully saturated rings. The lowest BCUT2D eigenvalue weighted by molar-refractivity contribution is 1.30. The normalized spacial score (nSPS) is 11.6. The Hall–Kier alpha value is -5.44. The zero-order valence-corrected chi connectivity index (χ0v) is 24.8. The molecule has 0 saturated carbocycles. The fourth-order valence-electron chi connectivity index (χ4n) is 6.71. The van der Waals surface area contributed by atoms with Crippen LogP contribution in [0, 0.1) is 0 Å². The predicted octanol–water partition coefficient (Wildman–Crippen LogP) is 12.7. The molecule has 9 rings (SSSR count). The first-order chi connectivity index (χ1) is 21.8. The molecule has 0 N–H and O–H groups in total. The summed E-state index contributed by atoms with van der Waals surface area (Å²) < 4.78 is 2.62. The van der Waals surface area contributed by atoms with E-state index in [2.05, 4.69) is 169 Å². The standard InChI is InChI=1S/C42H27NS/c1-2-10-32(11-3-1)43(40-15-8-14-38-37-13-6-7-16-41(37)44-42(38)40)33-23-19-28(20-24-33)31-18-17-30-22-25-35-34-12-5-4-9-29(34)21-26-36(35)39(30)27-31/h1-27H. The van der Waals surface area contributed by atoms with Crippen molar-refractivity contribution in [2.24, 2.45) is 0 Å². The minimum absolute atomic E-state index is 1.14. The smallest absolute Gasteiger partial charge is 0.0640 e. The molecule has 0 bridgehead atoms. The monoisotopic (exact) mass is 577 g/mol. The quantitative estimate of drug-likeness (QED) is 0.188. The summed E-state index contributed by atoms with van der Waals surface area (Å²) in [5, 5.41) is 10.4. The van der Waals surface area contributed by atoms with Gasteiger partial charge in [-0.05, 0) is 85.9 Å². The van der Waals surface area contributed by atoms with Gasteiger partial charge in [0.05, 0.1) is 10.4 Å². The number of hydrogen-bond acceptors (Lipinski definition) is 2. The van der Waals surface area contributed by atoms with E-state index in [1.807, 2.05) is 11.3 Å². The van der Waals surface area contributed by atoms with Crippen molar-refractivity contribution in [2.45, 2.75) is 0 Å². The Kier molecular flexibility index (Phi) is 5.75. The second kappa shape index (κ2) is 10.1. The average Bonchev–Trinajstić information content (AvgIpc) is 3.48. The largest absolute Gasteiger partial charge is 0.309 e. The summed E-state index contributed by atoms with van der Waals surface area (Å²) in [6, 6.07) is 59.7. The molecular formula is C42H27NS. The van der Waals surface area contributed by atoms with Gasteiger partial charge >= 0.3 is 0 Å². The Morgan fingerprint density at radius 3 is 1.82 bits per heavy atom. The number of anilines is 3. The molecule has 2 heteroatoms. The van der Waals surface area contributed by atoms with Crippen molar-refractivity contribution in [1.82, 2.24) is 0 Å². The first-order valence-corrected chi connectivity index (χ1v) is 15.8. The molecule has 44 heavy (non-hydrogen) atoms. The highest BCUT2D eigenvalue weighted by Gasteiger charge is 2.18. The van der Waals surface area contributed by atoms with E-state index >= 15 is 0 Å². The average molecular weight is 578 g/mol. The molecule has 1 nitrogen and oxygen atoms in total. The van der Waals surface area contributed by atoms with Crippen LogP contribution in [0.5, 0.6) is 0 Å². The van der Waals surface area contributed by atoms with E-state index in [0.717, 1.165) is 11.4 Å². The molecule has 9 aromatic rings. The van der Waals surface area contributed by atoms with Gasteiger partial charge in [0.25, 0.3) is 0 Å².